The Morgan fingerprint density at radius 2 is 1.91 bits per heavy atom. The molecule has 0 radical (unpaired) electrons. The van der Waals surface area contributed by atoms with Crippen molar-refractivity contribution in [3.05, 3.63) is 58.6 Å². The first-order valence-corrected chi connectivity index (χ1v) is 8.35. The molecule has 3 rings (SSSR count). The molecular formula is C15H13BrN4OS. The SMILES string of the molecule is COc1ccccc1-n1nnnc1SCc1ccc(Br)cc1. The molecule has 0 aliphatic carbocycles. The Morgan fingerprint density at radius 1 is 1.14 bits per heavy atom. The van der Waals surface area contributed by atoms with Gasteiger partial charge in [-0.3, -0.25) is 0 Å². The third kappa shape index (κ3) is 3.31. The fraction of sp³-hybridized carbons (Fsp3) is 0.133. The van der Waals surface area contributed by atoms with Gasteiger partial charge in [-0.2, -0.15) is 4.68 Å². The number of hydrogen-bond donors (Lipinski definition) is 0. The van der Waals surface area contributed by atoms with Crippen LogP contribution in [0.3, 0.4) is 0 Å². The highest BCUT2D eigenvalue weighted by Gasteiger charge is 2.12. The lowest BCUT2D eigenvalue weighted by molar-refractivity contribution is 0.410. The summed E-state index contributed by atoms with van der Waals surface area (Å²) >= 11 is 5.02. The maximum atomic E-state index is 5.37. The van der Waals surface area contributed by atoms with Gasteiger partial charge in [0.1, 0.15) is 11.4 Å². The summed E-state index contributed by atoms with van der Waals surface area (Å²) in [5, 5.41) is 12.7. The monoisotopic (exact) mass is 376 g/mol. The summed E-state index contributed by atoms with van der Waals surface area (Å²) in [6.07, 6.45) is 0. The number of thioether (sulfide) groups is 1. The molecule has 112 valence electrons. The Labute approximate surface area is 140 Å². The highest BCUT2D eigenvalue weighted by Crippen LogP contribution is 2.27. The first-order valence-electron chi connectivity index (χ1n) is 6.57. The van der Waals surface area contributed by atoms with Crippen molar-refractivity contribution < 1.29 is 4.74 Å². The number of rotatable bonds is 5. The van der Waals surface area contributed by atoms with E-state index >= 15 is 0 Å². The fourth-order valence-electron chi connectivity index (χ4n) is 1.95. The topological polar surface area (TPSA) is 52.8 Å². The van der Waals surface area contributed by atoms with Gasteiger partial charge in [-0.25, -0.2) is 0 Å². The molecule has 3 aromatic rings. The van der Waals surface area contributed by atoms with Crippen LogP contribution < -0.4 is 4.74 Å². The summed E-state index contributed by atoms with van der Waals surface area (Å²) in [6, 6.07) is 15.9. The molecule has 7 heteroatoms. The van der Waals surface area contributed by atoms with Crippen LogP contribution in [0.25, 0.3) is 5.69 Å². The average molecular weight is 377 g/mol. The Balaban J connectivity index is 1.81. The quantitative estimate of drug-likeness (QED) is 0.635. The number of para-hydroxylation sites is 2. The molecule has 0 unspecified atom stereocenters. The summed E-state index contributed by atoms with van der Waals surface area (Å²) in [7, 11) is 1.64. The number of nitrogens with zero attached hydrogens (tertiary/aromatic N) is 4. The molecule has 0 aliphatic heterocycles. The van der Waals surface area contributed by atoms with Gasteiger partial charge in [-0.1, -0.05) is 52.0 Å². The lowest BCUT2D eigenvalue weighted by Gasteiger charge is -2.08. The van der Waals surface area contributed by atoms with Gasteiger partial charge in [-0.15, -0.1) is 5.10 Å². The predicted molar refractivity (Wildman–Crippen MR) is 89.4 cm³/mol. The molecule has 0 atom stereocenters. The second kappa shape index (κ2) is 6.93. The van der Waals surface area contributed by atoms with E-state index in [0.29, 0.717) is 0 Å². The van der Waals surface area contributed by atoms with Crippen LogP contribution >= 0.6 is 27.7 Å². The largest absolute Gasteiger partial charge is 0.494 e. The van der Waals surface area contributed by atoms with Crippen LogP contribution in [0.15, 0.2) is 58.2 Å². The van der Waals surface area contributed by atoms with Gasteiger partial charge in [0, 0.05) is 10.2 Å². The van der Waals surface area contributed by atoms with E-state index in [4.69, 9.17) is 4.74 Å². The van der Waals surface area contributed by atoms with Crippen molar-refractivity contribution in [2.45, 2.75) is 10.9 Å². The summed E-state index contributed by atoms with van der Waals surface area (Å²) in [4.78, 5) is 0. The first kappa shape index (κ1) is 15.1. The summed E-state index contributed by atoms with van der Waals surface area (Å²) in [5.41, 5.74) is 2.04. The van der Waals surface area contributed by atoms with Crippen LogP contribution in [0.4, 0.5) is 0 Å². The fourth-order valence-corrected chi connectivity index (χ4v) is 3.06. The third-order valence-electron chi connectivity index (χ3n) is 3.04. The highest BCUT2D eigenvalue weighted by atomic mass is 79.9. The number of methoxy groups -OCH3 is 1. The van der Waals surface area contributed by atoms with E-state index < -0.39 is 0 Å². The second-order valence-electron chi connectivity index (χ2n) is 4.46. The summed E-state index contributed by atoms with van der Waals surface area (Å²) in [6.45, 7) is 0. The molecule has 0 fully saturated rings. The molecule has 0 spiro atoms. The Hall–Kier alpha value is -1.86. The van der Waals surface area contributed by atoms with Crippen LogP contribution in [-0.4, -0.2) is 27.3 Å². The van der Waals surface area contributed by atoms with Crippen molar-refractivity contribution in [3.8, 4) is 11.4 Å². The van der Waals surface area contributed by atoms with Gasteiger partial charge in [-0.05, 0) is 40.3 Å². The van der Waals surface area contributed by atoms with Crippen molar-refractivity contribution >= 4 is 27.7 Å². The van der Waals surface area contributed by atoms with E-state index in [1.807, 2.05) is 36.4 Å². The van der Waals surface area contributed by atoms with Gasteiger partial charge in [0.05, 0.1) is 7.11 Å². The number of tetrazole rings is 1. The van der Waals surface area contributed by atoms with Crippen molar-refractivity contribution in [2.24, 2.45) is 0 Å². The Morgan fingerprint density at radius 3 is 2.68 bits per heavy atom. The van der Waals surface area contributed by atoms with E-state index in [1.54, 1.807) is 23.6 Å². The van der Waals surface area contributed by atoms with Crippen LogP contribution in [0.2, 0.25) is 0 Å². The van der Waals surface area contributed by atoms with Gasteiger partial charge >= 0.3 is 0 Å². The Bertz CT molecular complexity index is 760. The van der Waals surface area contributed by atoms with Crippen molar-refractivity contribution in [1.29, 1.82) is 0 Å². The minimum absolute atomic E-state index is 0.729. The van der Waals surface area contributed by atoms with E-state index in [-0.39, 0.29) is 0 Å². The third-order valence-corrected chi connectivity index (χ3v) is 4.55. The van der Waals surface area contributed by atoms with E-state index in [9.17, 15) is 0 Å². The molecule has 0 saturated heterocycles. The molecule has 0 aliphatic rings. The van der Waals surface area contributed by atoms with E-state index in [2.05, 4.69) is 43.6 Å². The number of aromatic nitrogens is 4. The zero-order valence-electron chi connectivity index (χ0n) is 11.8. The normalized spacial score (nSPS) is 10.6. The summed E-state index contributed by atoms with van der Waals surface area (Å²) in [5.74, 6) is 1.53. The van der Waals surface area contributed by atoms with Crippen molar-refractivity contribution in [2.75, 3.05) is 7.11 Å². The van der Waals surface area contributed by atoms with Gasteiger partial charge in [0.25, 0.3) is 0 Å². The minimum atomic E-state index is 0.729. The smallest absolute Gasteiger partial charge is 0.214 e. The molecule has 2 aromatic carbocycles. The molecule has 0 N–H and O–H groups in total. The number of halogens is 1. The predicted octanol–water partition coefficient (Wildman–Crippen LogP) is 3.73. The van der Waals surface area contributed by atoms with Crippen molar-refractivity contribution in [3.63, 3.8) is 0 Å². The number of benzene rings is 2. The maximum absolute atomic E-state index is 5.37. The number of hydrogen-bond acceptors (Lipinski definition) is 5. The zero-order chi connectivity index (χ0) is 15.4. The molecule has 1 aromatic heterocycles. The van der Waals surface area contributed by atoms with E-state index in [0.717, 1.165) is 26.8 Å². The molecule has 0 saturated carbocycles. The lowest BCUT2D eigenvalue weighted by Crippen LogP contribution is -2.01. The second-order valence-corrected chi connectivity index (χ2v) is 6.32. The van der Waals surface area contributed by atoms with Crippen LogP contribution in [0.1, 0.15) is 5.56 Å². The van der Waals surface area contributed by atoms with Crippen LogP contribution in [0.5, 0.6) is 5.75 Å². The lowest BCUT2D eigenvalue weighted by atomic mass is 10.2. The molecule has 0 bridgehead atoms. The van der Waals surface area contributed by atoms with Gasteiger partial charge < -0.3 is 4.74 Å². The highest BCUT2D eigenvalue weighted by molar-refractivity contribution is 9.10. The van der Waals surface area contributed by atoms with Gasteiger partial charge in [0.2, 0.25) is 5.16 Å². The Kier molecular flexibility index (Phi) is 4.74. The molecule has 22 heavy (non-hydrogen) atoms. The first-order chi connectivity index (χ1) is 10.8. The standard InChI is InChI=1S/C15H13BrN4OS/c1-21-14-5-3-2-4-13(14)20-15(17-18-19-20)22-10-11-6-8-12(16)9-7-11/h2-9H,10H2,1H3. The average Bonchev–Trinajstić information content (AvgIpc) is 3.02. The minimum Gasteiger partial charge on any atom is -0.494 e. The molecule has 1 heterocycles. The van der Waals surface area contributed by atoms with E-state index in [1.165, 1.54) is 5.56 Å². The van der Waals surface area contributed by atoms with Crippen LogP contribution in [-0.2, 0) is 5.75 Å². The zero-order valence-corrected chi connectivity index (χ0v) is 14.2. The summed E-state index contributed by atoms with van der Waals surface area (Å²) < 4.78 is 8.14. The molecular weight excluding hydrogens is 364 g/mol. The molecule has 5 nitrogen and oxygen atoms in total. The van der Waals surface area contributed by atoms with Crippen LogP contribution in [0, 0.1) is 0 Å². The van der Waals surface area contributed by atoms with Gasteiger partial charge in [0.15, 0.2) is 0 Å². The maximum Gasteiger partial charge on any atom is 0.214 e. The number of ether oxygens (including phenoxy) is 1. The van der Waals surface area contributed by atoms with Crippen molar-refractivity contribution in [1.82, 2.24) is 20.2 Å². The molecule has 0 amide bonds.